The largest absolute Gasteiger partial charge is 0.419 e. The lowest BCUT2D eigenvalue weighted by molar-refractivity contribution is -0.118. The number of hydrogen-bond acceptors (Lipinski definition) is 4. The zero-order chi connectivity index (χ0) is 14.9. The topological polar surface area (TPSA) is 90.3 Å². The molecule has 3 N–H and O–H groups in total. The van der Waals surface area contributed by atoms with E-state index in [4.69, 9.17) is 10.2 Å². The van der Waals surface area contributed by atoms with Gasteiger partial charge in [0.15, 0.2) is 5.58 Å². The third-order valence-corrected chi connectivity index (χ3v) is 3.62. The molecule has 1 amide bonds. The first kappa shape index (κ1) is 17.3. The molecule has 6 nitrogen and oxygen atoms in total. The van der Waals surface area contributed by atoms with Crippen molar-refractivity contribution in [2.24, 2.45) is 18.7 Å². The molecule has 0 aliphatic carbocycles. The minimum atomic E-state index is -0.557. The summed E-state index contributed by atoms with van der Waals surface area (Å²) < 4.78 is 6.48. The summed E-state index contributed by atoms with van der Waals surface area (Å²) in [4.78, 5) is 23.4. The number of carbonyl (C=O) groups excluding carboxylic acids is 1. The second-order valence-corrected chi connectivity index (χ2v) is 5.01. The molecule has 0 saturated heterocycles. The zero-order valence-corrected chi connectivity index (χ0v) is 13.1. The molecule has 21 heavy (non-hydrogen) atoms. The molecule has 2 unspecified atom stereocenters. The van der Waals surface area contributed by atoms with Gasteiger partial charge in [0, 0.05) is 18.8 Å². The molecule has 2 atom stereocenters. The van der Waals surface area contributed by atoms with Crippen LogP contribution in [0.4, 0.5) is 5.69 Å². The summed E-state index contributed by atoms with van der Waals surface area (Å²) in [6.45, 7) is 3.92. The predicted octanol–water partition coefficient (Wildman–Crippen LogP) is 1.87. The summed E-state index contributed by atoms with van der Waals surface area (Å²) in [5, 5.41) is 2.74. The number of nitrogens with zero attached hydrogens (tertiary/aromatic N) is 1. The Hall–Kier alpha value is -1.79. The van der Waals surface area contributed by atoms with Gasteiger partial charge in [-0.05, 0) is 18.1 Å². The van der Waals surface area contributed by atoms with Gasteiger partial charge in [0.25, 0.3) is 0 Å². The summed E-state index contributed by atoms with van der Waals surface area (Å²) in [6.07, 6.45) is 0.835. The fourth-order valence-electron chi connectivity index (χ4n) is 1.95. The van der Waals surface area contributed by atoms with Crippen LogP contribution in [0.15, 0.2) is 27.4 Å². The average Bonchev–Trinajstić information content (AvgIpc) is 2.71. The molecule has 7 heteroatoms. The average molecular weight is 314 g/mol. The Morgan fingerprint density at radius 2 is 2.14 bits per heavy atom. The number of halogens is 1. The van der Waals surface area contributed by atoms with Crippen molar-refractivity contribution >= 4 is 35.1 Å². The summed E-state index contributed by atoms with van der Waals surface area (Å²) in [5.74, 6) is -0.565. The number of oxazole rings is 1. The molecule has 0 aliphatic heterocycles. The summed E-state index contributed by atoms with van der Waals surface area (Å²) in [5.41, 5.74) is 7.55. The predicted molar refractivity (Wildman–Crippen MR) is 84.8 cm³/mol. The molecule has 1 heterocycles. The van der Waals surface area contributed by atoms with Crippen molar-refractivity contribution in [2.75, 3.05) is 5.32 Å². The Balaban J connectivity index is 0.00000220. The summed E-state index contributed by atoms with van der Waals surface area (Å²) >= 11 is 0. The van der Waals surface area contributed by atoms with Crippen LogP contribution in [0.25, 0.3) is 11.1 Å². The molecule has 1 aromatic heterocycles. The van der Waals surface area contributed by atoms with Crippen molar-refractivity contribution in [1.82, 2.24) is 4.57 Å². The monoisotopic (exact) mass is 313 g/mol. The minimum absolute atomic E-state index is 0. The summed E-state index contributed by atoms with van der Waals surface area (Å²) in [6, 6.07) is 4.51. The van der Waals surface area contributed by atoms with Crippen LogP contribution in [0, 0.1) is 5.92 Å². The molecule has 1 aromatic carbocycles. The number of fused-ring (bicyclic) bond motifs is 1. The Morgan fingerprint density at radius 3 is 2.76 bits per heavy atom. The van der Waals surface area contributed by atoms with Crippen molar-refractivity contribution in [3.05, 3.63) is 28.7 Å². The number of rotatable bonds is 4. The highest BCUT2D eigenvalue weighted by Gasteiger charge is 2.19. The highest BCUT2D eigenvalue weighted by molar-refractivity contribution is 5.96. The second-order valence-electron chi connectivity index (χ2n) is 5.01. The van der Waals surface area contributed by atoms with Gasteiger partial charge >= 0.3 is 5.76 Å². The molecule has 0 radical (unpaired) electrons. The maximum Gasteiger partial charge on any atom is 0.419 e. The lowest BCUT2D eigenvalue weighted by Crippen LogP contribution is -2.40. The van der Waals surface area contributed by atoms with Crippen molar-refractivity contribution < 1.29 is 9.21 Å². The van der Waals surface area contributed by atoms with E-state index in [1.165, 1.54) is 4.57 Å². The fraction of sp³-hybridized carbons (Fsp3) is 0.429. The number of nitrogens with two attached hydrogens (primary N) is 1. The van der Waals surface area contributed by atoms with E-state index in [0.717, 1.165) is 6.42 Å². The van der Waals surface area contributed by atoms with E-state index < -0.39 is 11.8 Å². The highest BCUT2D eigenvalue weighted by atomic mass is 35.5. The first-order chi connectivity index (χ1) is 9.43. The Kier molecular flexibility index (Phi) is 5.57. The molecule has 2 rings (SSSR count). The zero-order valence-electron chi connectivity index (χ0n) is 12.3. The number of anilines is 1. The smallest absolute Gasteiger partial charge is 0.408 e. The third-order valence-electron chi connectivity index (χ3n) is 3.62. The van der Waals surface area contributed by atoms with Crippen LogP contribution >= 0.6 is 12.4 Å². The van der Waals surface area contributed by atoms with E-state index in [2.05, 4.69) is 5.32 Å². The van der Waals surface area contributed by atoms with Gasteiger partial charge in [0.1, 0.15) is 0 Å². The van der Waals surface area contributed by atoms with Gasteiger partial charge in [-0.15, -0.1) is 12.4 Å². The van der Waals surface area contributed by atoms with Crippen molar-refractivity contribution in [2.45, 2.75) is 26.3 Å². The van der Waals surface area contributed by atoms with E-state index >= 15 is 0 Å². The Bertz CT molecular complexity index is 692. The van der Waals surface area contributed by atoms with Gasteiger partial charge in [-0.25, -0.2) is 4.79 Å². The van der Waals surface area contributed by atoms with E-state index in [1.807, 2.05) is 13.8 Å². The van der Waals surface area contributed by atoms with Crippen LogP contribution in [0.2, 0.25) is 0 Å². The quantitative estimate of drug-likeness (QED) is 0.901. The molecular weight excluding hydrogens is 294 g/mol. The summed E-state index contributed by atoms with van der Waals surface area (Å²) in [7, 11) is 1.63. The van der Waals surface area contributed by atoms with Crippen LogP contribution in [0.5, 0.6) is 0 Å². The molecule has 0 saturated carbocycles. The molecule has 0 spiro atoms. The highest BCUT2D eigenvalue weighted by Crippen LogP contribution is 2.18. The Morgan fingerprint density at radius 1 is 1.48 bits per heavy atom. The Labute approximate surface area is 128 Å². The van der Waals surface area contributed by atoms with Gasteiger partial charge in [-0.3, -0.25) is 9.36 Å². The molecule has 0 aliphatic rings. The van der Waals surface area contributed by atoms with Gasteiger partial charge < -0.3 is 15.5 Å². The van der Waals surface area contributed by atoms with Gasteiger partial charge in [-0.1, -0.05) is 20.3 Å². The maximum atomic E-state index is 12.0. The lowest BCUT2D eigenvalue weighted by atomic mass is 9.99. The minimum Gasteiger partial charge on any atom is -0.408 e. The molecule has 116 valence electrons. The van der Waals surface area contributed by atoms with Gasteiger partial charge in [0.2, 0.25) is 5.91 Å². The molecule has 0 bridgehead atoms. The standard InChI is InChI=1S/C14H19N3O3.ClH/c1-4-8(2)12(15)13(18)16-9-5-6-10-11(7-9)20-14(19)17(10)3;/h5-8,12H,4,15H2,1-3H3,(H,16,18);1H. The first-order valence-electron chi connectivity index (χ1n) is 6.60. The van der Waals surface area contributed by atoms with Crippen LogP contribution < -0.4 is 16.8 Å². The number of benzene rings is 1. The van der Waals surface area contributed by atoms with Crippen molar-refractivity contribution in [3.63, 3.8) is 0 Å². The number of aryl methyl sites for hydroxylation is 1. The van der Waals surface area contributed by atoms with Crippen LogP contribution in [-0.2, 0) is 11.8 Å². The second kappa shape index (κ2) is 6.78. The molecule has 2 aromatic rings. The van der Waals surface area contributed by atoms with Crippen molar-refractivity contribution in [1.29, 1.82) is 0 Å². The van der Waals surface area contributed by atoms with E-state index in [1.54, 1.807) is 25.2 Å². The van der Waals surface area contributed by atoms with Crippen LogP contribution in [-0.4, -0.2) is 16.5 Å². The number of amides is 1. The van der Waals surface area contributed by atoms with Crippen LogP contribution in [0.3, 0.4) is 0 Å². The van der Waals surface area contributed by atoms with Gasteiger partial charge in [-0.2, -0.15) is 0 Å². The maximum absolute atomic E-state index is 12.0. The molecular formula is C14H20ClN3O3. The number of aromatic nitrogens is 1. The normalized spacial score (nSPS) is 13.5. The van der Waals surface area contributed by atoms with Crippen molar-refractivity contribution in [3.8, 4) is 0 Å². The molecule has 0 fully saturated rings. The lowest BCUT2D eigenvalue weighted by Gasteiger charge is -2.17. The third kappa shape index (κ3) is 3.46. The fourth-order valence-corrected chi connectivity index (χ4v) is 1.95. The van der Waals surface area contributed by atoms with Gasteiger partial charge in [0.05, 0.1) is 11.6 Å². The van der Waals surface area contributed by atoms with E-state index in [9.17, 15) is 9.59 Å². The number of hydrogen-bond donors (Lipinski definition) is 2. The van der Waals surface area contributed by atoms with Crippen LogP contribution in [0.1, 0.15) is 20.3 Å². The number of carbonyl (C=O) groups is 1. The number of nitrogens with one attached hydrogen (secondary N) is 1. The van der Waals surface area contributed by atoms with E-state index in [-0.39, 0.29) is 24.2 Å². The van der Waals surface area contributed by atoms with E-state index in [0.29, 0.717) is 16.8 Å². The first-order valence-corrected chi connectivity index (χ1v) is 6.60. The SMILES string of the molecule is CCC(C)C(N)C(=O)Nc1ccc2c(c1)oc(=O)n2C.Cl.